The van der Waals surface area contributed by atoms with Crippen molar-refractivity contribution >= 4 is 11.8 Å². The molecule has 1 saturated carbocycles. The number of ether oxygens (including phenoxy) is 1. The highest BCUT2D eigenvalue weighted by Crippen LogP contribution is 2.55. The third-order valence-corrected chi connectivity index (χ3v) is 6.68. The van der Waals surface area contributed by atoms with Crippen molar-refractivity contribution in [1.82, 2.24) is 0 Å². The minimum Gasteiger partial charge on any atom is -0.462 e. The van der Waals surface area contributed by atoms with Crippen LogP contribution in [0.3, 0.4) is 0 Å². The standard InChI is InChI=1S/C21H30O3/c1-14-7-10-19-16(5-4-6-20(14)24-15(2)22)8-9-17-13-18(23)11-12-21(17,19)3/h4-5,13-14,16,19-20H,6-12H2,1-3H3/b5-4+/t14-,16+,19-,20+,21-/m0/s1. The topological polar surface area (TPSA) is 43.4 Å². The van der Waals surface area contributed by atoms with Gasteiger partial charge in [-0.25, -0.2) is 0 Å². The average Bonchev–Trinajstić information content (AvgIpc) is 2.59. The molecular weight excluding hydrogens is 300 g/mol. The molecule has 3 aliphatic carbocycles. The van der Waals surface area contributed by atoms with Gasteiger partial charge in [-0.2, -0.15) is 0 Å². The van der Waals surface area contributed by atoms with E-state index in [0.717, 1.165) is 38.5 Å². The molecular formula is C21H30O3. The molecule has 0 aromatic carbocycles. The summed E-state index contributed by atoms with van der Waals surface area (Å²) in [5, 5.41) is 0. The van der Waals surface area contributed by atoms with Crippen LogP contribution in [-0.4, -0.2) is 17.9 Å². The second-order valence-corrected chi connectivity index (χ2v) is 8.23. The molecule has 0 radical (unpaired) electrons. The summed E-state index contributed by atoms with van der Waals surface area (Å²) in [6.45, 7) is 6.08. The maximum absolute atomic E-state index is 11.9. The summed E-state index contributed by atoms with van der Waals surface area (Å²) < 4.78 is 5.55. The Labute approximate surface area is 145 Å². The fourth-order valence-electron chi connectivity index (χ4n) is 5.14. The molecule has 0 unspecified atom stereocenters. The van der Waals surface area contributed by atoms with Gasteiger partial charge in [0, 0.05) is 19.8 Å². The number of carbonyl (C=O) groups excluding carboxylic acids is 2. The quantitative estimate of drug-likeness (QED) is 0.520. The van der Waals surface area contributed by atoms with Gasteiger partial charge in [-0.05, 0) is 61.3 Å². The van der Waals surface area contributed by atoms with Crippen LogP contribution in [0.5, 0.6) is 0 Å². The minimum atomic E-state index is -0.181. The molecule has 0 aliphatic heterocycles. The number of allylic oxidation sites excluding steroid dienone is 3. The van der Waals surface area contributed by atoms with Crippen LogP contribution in [-0.2, 0) is 14.3 Å². The lowest BCUT2D eigenvalue weighted by Crippen LogP contribution is -2.41. The summed E-state index contributed by atoms with van der Waals surface area (Å²) in [7, 11) is 0. The summed E-state index contributed by atoms with van der Waals surface area (Å²) in [5.41, 5.74) is 1.55. The first-order valence-electron chi connectivity index (χ1n) is 9.48. The molecule has 0 heterocycles. The molecule has 0 amide bonds. The number of rotatable bonds is 1. The van der Waals surface area contributed by atoms with Gasteiger partial charge in [0.2, 0.25) is 0 Å². The summed E-state index contributed by atoms with van der Waals surface area (Å²) >= 11 is 0. The van der Waals surface area contributed by atoms with Gasteiger partial charge in [-0.1, -0.05) is 31.6 Å². The Morgan fingerprint density at radius 2 is 2.04 bits per heavy atom. The van der Waals surface area contributed by atoms with Crippen LogP contribution >= 0.6 is 0 Å². The van der Waals surface area contributed by atoms with Crippen LogP contribution in [0.25, 0.3) is 0 Å². The summed E-state index contributed by atoms with van der Waals surface area (Å²) in [4.78, 5) is 23.2. The molecule has 3 aliphatic rings. The van der Waals surface area contributed by atoms with Crippen LogP contribution in [0.1, 0.15) is 65.7 Å². The van der Waals surface area contributed by atoms with Gasteiger partial charge >= 0.3 is 5.97 Å². The third kappa shape index (κ3) is 3.36. The lowest BCUT2D eigenvalue weighted by atomic mass is 9.55. The second-order valence-electron chi connectivity index (χ2n) is 8.23. The molecule has 1 fully saturated rings. The molecule has 24 heavy (non-hydrogen) atoms. The summed E-state index contributed by atoms with van der Waals surface area (Å²) in [6, 6.07) is 0. The third-order valence-electron chi connectivity index (χ3n) is 6.68. The maximum Gasteiger partial charge on any atom is 0.302 e. The maximum atomic E-state index is 11.9. The van der Waals surface area contributed by atoms with Crippen molar-refractivity contribution in [2.24, 2.45) is 23.2 Å². The van der Waals surface area contributed by atoms with Gasteiger partial charge in [0.05, 0.1) is 0 Å². The Hall–Kier alpha value is -1.38. The SMILES string of the molecule is CC(=O)O[C@@H]1C/C=C/[C@@H]2CCC3=CC(=O)CC[C@]3(C)[C@H]2CC[C@@H]1C. The van der Waals surface area contributed by atoms with Crippen molar-refractivity contribution in [2.75, 3.05) is 0 Å². The van der Waals surface area contributed by atoms with Crippen LogP contribution in [0.15, 0.2) is 23.8 Å². The molecule has 0 N–H and O–H groups in total. The summed E-state index contributed by atoms with van der Waals surface area (Å²) in [5.74, 6) is 1.69. The van der Waals surface area contributed by atoms with Crippen LogP contribution in [0.2, 0.25) is 0 Å². The van der Waals surface area contributed by atoms with Crippen LogP contribution in [0.4, 0.5) is 0 Å². The van der Waals surface area contributed by atoms with Gasteiger partial charge in [0.25, 0.3) is 0 Å². The average molecular weight is 330 g/mol. The monoisotopic (exact) mass is 330 g/mol. The van der Waals surface area contributed by atoms with Crippen molar-refractivity contribution in [3.05, 3.63) is 23.8 Å². The van der Waals surface area contributed by atoms with E-state index in [0.29, 0.717) is 30.0 Å². The van der Waals surface area contributed by atoms with E-state index in [1.54, 1.807) is 0 Å². The van der Waals surface area contributed by atoms with Crippen molar-refractivity contribution in [3.8, 4) is 0 Å². The Bertz CT molecular complexity index is 574. The normalized spacial score (nSPS) is 41.0. The molecule has 132 valence electrons. The van der Waals surface area contributed by atoms with Gasteiger partial charge in [-0.15, -0.1) is 0 Å². The van der Waals surface area contributed by atoms with E-state index in [1.807, 2.05) is 6.08 Å². The first-order valence-corrected chi connectivity index (χ1v) is 9.48. The van der Waals surface area contributed by atoms with E-state index in [2.05, 4.69) is 26.0 Å². The number of hydrogen-bond donors (Lipinski definition) is 0. The smallest absolute Gasteiger partial charge is 0.302 e. The van der Waals surface area contributed by atoms with E-state index in [-0.39, 0.29) is 17.5 Å². The van der Waals surface area contributed by atoms with Gasteiger partial charge < -0.3 is 4.74 Å². The molecule has 0 bridgehead atoms. The number of ketones is 1. The molecule has 3 rings (SSSR count). The molecule has 0 spiro atoms. The number of esters is 1. The lowest BCUT2D eigenvalue weighted by molar-refractivity contribution is -0.148. The molecule has 0 aromatic rings. The van der Waals surface area contributed by atoms with Crippen molar-refractivity contribution in [2.45, 2.75) is 71.8 Å². The van der Waals surface area contributed by atoms with E-state index in [4.69, 9.17) is 4.74 Å². The Balaban J connectivity index is 1.83. The largest absolute Gasteiger partial charge is 0.462 e. The lowest BCUT2D eigenvalue weighted by Gasteiger charge is -2.49. The minimum absolute atomic E-state index is 0.00495. The highest BCUT2D eigenvalue weighted by Gasteiger charge is 2.46. The van der Waals surface area contributed by atoms with Gasteiger partial charge in [0.15, 0.2) is 5.78 Å². The van der Waals surface area contributed by atoms with Crippen molar-refractivity contribution < 1.29 is 14.3 Å². The fraction of sp³-hybridized carbons (Fsp3) is 0.714. The molecule has 3 nitrogen and oxygen atoms in total. The zero-order valence-electron chi connectivity index (χ0n) is 15.2. The van der Waals surface area contributed by atoms with Crippen LogP contribution < -0.4 is 0 Å². The summed E-state index contributed by atoms with van der Waals surface area (Å²) in [6.07, 6.45) is 13.5. The predicted octanol–water partition coefficient (Wildman–Crippen LogP) is 4.62. The second kappa shape index (κ2) is 6.85. The zero-order chi connectivity index (χ0) is 17.3. The highest BCUT2D eigenvalue weighted by molar-refractivity contribution is 5.91. The Morgan fingerprint density at radius 3 is 2.79 bits per heavy atom. The van der Waals surface area contributed by atoms with Crippen molar-refractivity contribution in [1.29, 1.82) is 0 Å². The number of carbonyl (C=O) groups is 2. The number of fused-ring (bicyclic) bond motifs is 3. The molecule has 5 atom stereocenters. The van der Waals surface area contributed by atoms with E-state index in [9.17, 15) is 9.59 Å². The van der Waals surface area contributed by atoms with Crippen molar-refractivity contribution in [3.63, 3.8) is 0 Å². The first kappa shape index (κ1) is 17.4. The predicted molar refractivity (Wildman–Crippen MR) is 94.4 cm³/mol. The van der Waals surface area contributed by atoms with Gasteiger partial charge in [0.1, 0.15) is 6.10 Å². The van der Waals surface area contributed by atoms with E-state index >= 15 is 0 Å². The molecule has 0 saturated heterocycles. The number of hydrogen-bond acceptors (Lipinski definition) is 3. The van der Waals surface area contributed by atoms with Gasteiger partial charge in [-0.3, -0.25) is 9.59 Å². The zero-order valence-corrected chi connectivity index (χ0v) is 15.2. The fourth-order valence-corrected chi connectivity index (χ4v) is 5.14. The molecule has 3 heteroatoms. The Morgan fingerprint density at radius 1 is 1.25 bits per heavy atom. The Kier molecular flexibility index (Phi) is 4.98. The first-order chi connectivity index (χ1) is 11.4. The van der Waals surface area contributed by atoms with E-state index in [1.165, 1.54) is 12.5 Å². The van der Waals surface area contributed by atoms with Crippen LogP contribution in [0, 0.1) is 23.2 Å². The highest BCUT2D eigenvalue weighted by atomic mass is 16.5. The van der Waals surface area contributed by atoms with E-state index < -0.39 is 0 Å². The molecule has 0 aromatic heterocycles.